The summed E-state index contributed by atoms with van der Waals surface area (Å²) < 4.78 is 0. The van der Waals surface area contributed by atoms with Gasteiger partial charge in [0.1, 0.15) is 48.0 Å². The van der Waals surface area contributed by atoms with Crippen LogP contribution in [0.1, 0.15) is 49.8 Å². The number of rotatable bonds is 26. The largest absolute Gasteiger partial charge is 3.00 e. The maximum Gasteiger partial charge on any atom is 3.00 e. The summed E-state index contributed by atoms with van der Waals surface area (Å²) >= 11 is 0. The van der Waals surface area contributed by atoms with Gasteiger partial charge in [-0.1, -0.05) is 82.3 Å². The Labute approximate surface area is 599 Å². The van der Waals surface area contributed by atoms with E-state index < -0.39 is 158 Å². The summed E-state index contributed by atoms with van der Waals surface area (Å²) in [5.41, 5.74) is 8.01. The second-order valence-corrected chi connectivity index (χ2v) is 26.9. The second kappa shape index (κ2) is 42.4. The van der Waals surface area contributed by atoms with Gasteiger partial charge in [0.25, 0.3) is 0 Å². The topological polar surface area (TPSA) is 489 Å². The Bertz CT molecular complexity index is 3330. The predicted molar refractivity (Wildman–Crippen MR) is 364 cm³/mol. The number of fused-ring (bicyclic) bond motifs is 1. The molecule has 2 saturated heterocycles. The van der Waals surface area contributed by atoms with Gasteiger partial charge in [0.05, 0.1) is 49.3 Å². The van der Waals surface area contributed by atoms with Crippen molar-refractivity contribution in [1.29, 1.82) is 0 Å². The molecule has 0 saturated carbocycles. The summed E-state index contributed by atoms with van der Waals surface area (Å²) in [6.45, 7) is 0.0360. The van der Waals surface area contributed by atoms with Crippen molar-refractivity contribution in [1.82, 2.24) is 67.1 Å². The third kappa shape index (κ3) is 28.0. The Morgan fingerprint density at radius 2 is 1.13 bits per heavy atom. The maximum absolute atomic E-state index is 15.3. The normalized spacial score (nSPS) is 21.8. The number of carboxylic acid groups (broad SMARTS) is 3. The number of aliphatic hydroxyl groups is 3. The number of nitrogens with one attached hydrogen (secondary N) is 9. The Kier molecular flexibility index (Phi) is 35.2. The summed E-state index contributed by atoms with van der Waals surface area (Å²) in [6.07, 6.45) is -1.38. The Morgan fingerprint density at radius 1 is 0.610 bits per heavy atom. The summed E-state index contributed by atoms with van der Waals surface area (Å²) in [4.78, 5) is 163. The SMILES string of the molecule is CC(O)C(CO)NC(=O)C1CSSCC(NC(=O)C(Cc2ccccc2)NC(=O)CN2CCN(CC(=O)[O-])CCN(CC(=O)[O-])CCN(CC(=O)[O-])CC2)C(=O)NC(Cc2ccc(O)cc2)C(=O)NC(Cc2c[nH]c3ccccc23)C(=O)NC(CCCCN)C(=O)NC(C(C)O)C(=O)N1.[Ga+3]. The molecule has 2 fully saturated rings. The first kappa shape index (κ1) is 82.9. The van der Waals surface area contributed by atoms with Crippen LogP contribution in [0.25, 0.3) is 10.9 Å². The molecule has 15 N–H and O–H groups in total. The molecule has 0 bridgehead atoms. The van der Waals surface area contributed by atoms with Gasteiger partial charge in [0, 0.05) is 120 Å². The first-order valence-electron chi connectivity index (χ1n) is 32.5. The fraction of sp³-hybridized carbons (Fsp3) is 0.523. The molecule has 542 valence electrons. The van der Waals surface area contributed by atoms with Gasteiger partial charge in [-0.05, 0) is 74.5 Å². The molecule has 1 aromatic heterocycles. The van der Waals surface area contributed by atoms with E-state index in [9.17, 15) is 74.1 Å². The number of carbonyl (C=O) groups excluding carboxylic acids is 11. The van der Waals surface area contributed by atoms with Crippen LogP contribution in [0.15, 0.2) is 85.1 Å². The van der Waals surface area contributed by atoms with E-state index in [1.54, 1.807) is 65.7 Å². The molecule has 10 atom stereocenters. The zero-order chi connectivity index (χ0) is 72.1. The monoisotopic (exact) mass is 1490 g/mol. The number of para-hydroxylation sites is 1. The maximum atomic E-state index is 15.3. The number of aliphatic hydroxyl groups excluding tert-OH is 3. The van der Waals surface area contributed by atoms with E-state index in [0.29, 0.717) is 34.0 Å². The Hall–Kier alpha value is -7.81. The number of phenolic OH excluding ortho intramolecular Hbond substituents is 1. The minimum absolute atomic E-state index is 0. The quantitative estimate of drug-likeness (QED) is 0.0158. The molecule has 8 amide bonds. The third-order valence-corrected chi connectivity index (χ3v) is 19.0. The van der Waals surface area contributed by atoms with E-state index in [0.717, 1.165) is 21.6 Å². The molecule has 6 rings (SSSR count). The van der Waals surface area contributed by atoms with E-state index in [4.69, 9.17) is 5.73 Å². The van der Waals surface area contributed by atoms with Crippen LogP contribution in [-0.4, -0.2) is 294 Å². The predicted octanol–water partition coefficient (Wildman–Crippen LogP) is -7.85. The Balaban J connectivity index is 0.0000180. The number of aromatic nitrogens is 1. The summed E-state index contributed by atoms with van der Waals surface area (Å²) in [5.74, 6) is -12.6. The smallest absolute Gasteiger partial charge is 0.549 e. The third-order valence-electron chi connectivity index (χ3n) is 16.6. The van der Waals surface area contributed by atoms with Crippen molar-refractivity contribution in [2.24, 2.45) is 5.73 Å². The number of unbranched alkanes of at least 4 members (excludes halogenated alkanes) is 1. The van der Waals surface area contributed by atoms with Gasteiger partial charge in [-0.15, -0.1) is 0 Å². The van der Waals surface area contributed by atoms with Crippen LogP contribution in [0.2, 0.25) is 0 Å². The number of hydrogen-bond donors (Lipinski definition) is 14. The number of hydrogen-bond acceptors (Lipinski definition) is 25. The zero-order valence-corrected chi connectivity index (χ0v) is 59.7. The van der Waals surface area contributed by atoms with Crippen LogP contribution >= 0.6 is 21.6 Å². The number of aromatic amines is 1. The van der Waals surface area contributed by atoms with Crippen molar-refractivity contribution < 1.29 is 88.5 Å². The van der Waals surface area contributed by atoms with Crippen molar-refractivity contribution in [3.05, 3.63) is 102 Å². The molecular formula is C65H89GaN14O18S2. The molecule has 0 radical (unpaired) electrons. The van der Waals surface area contributed by atoms with Crippen LogP contribution < -0.4 is 63.6 Å². The van der Waals surface area contributed by atoms with Crippen molar-refractivity contribution in [3.63, 3.8) is 0 Å². The summed E-state index contributed by atoms with van der Waals surface area (Å²) in [5, 5.41) is 99.3. The Morgan fingerprint density at radius 3 is 1.68 bits per heavy atom. The van der Waals surface area contributed by atoms with Gasteiger partial charge >= 0.3 is 19.8 Å². The summed E-state index contributed by atoms with van der Waals surface area (Å²) in [6, 6.07) is 9.03. The number of carboxylic acids is 3. The average molecular weight is 1490 g/mol. The molecule has 0 aliphatic carbocycles. The molecular weight excluding hydrogens is 1400 g/mol. The van der Waals surface area contributed by atoms with Crippen molar-refractivity contribution in [3.8, 4) is 5.75 Å². The molecule has 35 heteroatoms. The summed E-state index contributed by atoms with van der Waals surface area (Å²) in [7, 11) is 1.79. The van der Waals surface area contributed by atoms with Crippen LogP contribution in [0.4, 0.5) is 0 Å². The van der Waals surface area contributed by atoms with Gasteiger partial charge in [0.15, 0.2) is 0 Å². The molecule has 4 aromatic rings. The molecule has 3 aromatic carbocycles. The standard InChI is InChI=1S/C65H92N14O18S2.Ga/c1-39(81)51(36-80)72-64(96)53-38-99-98-37-52(73-60(92)48(28-41-10-4-3-5-11-41)68-54(84)32-76-20-22-77(33-55(85)86)24-26-79(35-57(89)90)27-25-78(23-21-76)34-56(87)88)63(95)70-49(29-42-15-17-44(83)18-16-42)61(93)71-50(30-43-31-67-46-13-7-6-12-45(43)46)62(94)69-47(14-8-9-19-66)59(91)75-58(40(2)82)65(97)74-53;/h3-7,10-13,15-18,31,39-40,47-53,58,67,80-83H,8-9,14,19-30,32-38,66H2,1-2H3,(H,68,84)(H,69,94)(H,70,95)(H,71,93)(H,72,96)(H,73,92)(H,74,97)(H,75,91)(H,85,86)(H,87,88)(H,89,90);/q;+3/p-3. The minimum Gasteiger partial charge on any atom is -0.549 e. The number of benzene rings is 3. The molecule has 2 aliphatic rings. The molecule has 32 nitrogen and oxygen atoms in total. The number of amides is 8. The van der Waals surface area contributed by atoms with E-state index in [-0.39, 0.29) is 128 Å². The molecule has 10 unspecified atom stereocenters. The van der Waals surface area contributed by atoms with Gasteiger partial charge in [-0.3, -0.25) is 58.0 Å². The molecule has 2 aliphatic heterocycles. The first-order chi connectivity index (χ1) is 47.3. The van der Waals surface area contributed by atoms with E-state index >= 15 is 14.4 Å². The fourth-order valence-electron chi connectivity index (χ4n) is 11.0. The van der Waals surface area contributed by atoms with Gasteiger partial charge < -0.3 is 103 Å². The van der Waals surface area contributed by atoms with Crippen LogP contribution in [0.3, 0.4) is 0 Å². The molecule has 0 spiro atoms. The molecule has 3 heterocycles. The average Bonchev–Trinajstić information content (AvgIpc) is 1.58. The van der Waals surface area contributed by atoms with Crippen LogP contribution in [0, 0.1) is 0 Å². The van der Waals surface area contributed by atoms with E-state index in [1.165, 1.54) is 52.8 Å². The second-order valence-electron chi connectivity index (χ2n) is 24.4. The van der Waals surface area contributed by atoms with Crippen LogP contribution in [-0.2, 0) is 72.0 Å². The first-order valence-corrected chi connectivity index (χ1v) is 35.0. The van der Waals surface area contributed by atoms with Crippen molar-refractivity contribution >= 4 is 117 Å². The van der Waals surface area contributed by atoms with Crippen molar-refractivity contribution in [2.45, 2.75) is 113 Å². The van der Waals surface area contributed by atoms with Gasteiger partial charge in [-0.25, -0.2) is 0 Å². The van der Waals surface area contributed by atoms with Gasteiger partial charge in [0.2, 0.25) is 47.3 Å². The minimum atomic E-state index is -1.78. The number of nitrogens with two attached hydrogens (primary N) is 1. The number of aromatic hydroxyl groups is 1. The number of nitrogens with zero attached hydrogens (tertiary/aromatic N) is 4. The van der Waals surface area contributed by atoms with E-state index in [1.807, 2.05) is 0 Å². The number of phenols is 1. The number of carbonyl (C=O) groups is 11. The zero-order valence-electron chi connectivity index (χ0n) is 55.7. The van der Waals surface area contributed by atoms with Gasteiger partial charge in [-0.2, -0.15) is 0 Å². The van der Waals surface area contributed by atoms with Crippen molar-refractivity contribution in [2.75, 3.05) is 103 Å². The number of H-pyrrole nitrogens is 1. The number of aliphatic carboxylic acids is 3. The van der Waals surface area contributed by atoms with Crippen LogP contribution in [0.5, 0.6) is 5.75 Å². The fourth-order valence-corrected chi connectivity index (χ4v) is 13.4. The van der Waals surface area contributed by atoms with E-state index in [2.05, 4.69) is 47.5 Å². The molecule has 100 heavy (non-hydrogen) atoms.